The number of piperazine rings is 1. The van der Waals surface area contributed by atoms with E-state index in [1.807, 2.05) is 24.3 Å². The number of likely N-dealkylation sites (tertiary alicyclic amines) is 1. The Kier molecular flexibility index (Phi) is 5.06. The van der Waals surface area contributed by atoms with E-state index in [0.717, 1.165) is 37.7 Å². The first kappa shape index (κ1) is 16.5. The zero-order valence-corrected chi connectivity index (χ0v) is 13.7. The Labute approximate surface area is 140 Å². The number of halogens is 1. The largest absolute Gasteiger partial charge is 0.465 e. The van der Waals surface area contributed by atoms with E-state index in [1.165, 1.54) is 10.5 Å². The standard InChI is InChI=1S/C16H22ClN3O3/c17-13-3-1-12(2-4-13)9-18-5-7-19(8-6-18)14-10-20(16(22)23)11-15(14)21/h1-4,14-15,21H,5-11H2,(H,22,23)/t14-,15?/m1/s1. The molecule has 2 saturated heterocycles. The maximum absolute atomic E-state index is 11.0. The second kappa shape index (κ2) is 7.05. The van der Waals surface area contributed by atoms with E-state index in [-0.39, 0.29) is 12.6 Å². The quantitative estimate of drug-likeness (QED) is 0.865. The predicted molar refractivity (Wildman–Crippen MR) is 87.7 cm³/mol. The van der Waals surface area contributed by atoms with Gasteiger partial charge in [0.1, 0.15) is 0 Å². The number of hydrogen-bond acceptors (Lipinski definition) is 4. The van der Waals surface area contributed by atoms with Crippen LogP contribution >= 0.6 is 11.6 Å². The fourth-order valence-electron chi connectivity index (χ4n) is 3.39. The molecule has 1 aromatic carbocycles. The van der Waals surface area contributed by atoms with Crippen molar-refractivity contribution in [1.29, 1.82) is 0 Å². The number of rotatable bonds is 3. The smallest absolute Gasteiger partial charge is 0.407 e. The van der Waals surface area contributed by atoms with Crippen LogP contribution in [0.1, 0.15) is 5.56 Å². The van der Waals surface area contributed by atoms with Crippen molar-refractivity contribution in [2.45, 2.75) is 18.7 Å². The lowest BCUT2D eigenvalue weighted by Gasteiger charge is -2.38. The second-order valence-corrected chi connectivity index (χ2v) is 6.70. The molecule has 6 nitrogen and oxygen atoms in total. The molecule has 0 radical (unpaired) electrons. The number of carbonyl (C=O) groups is 1. The van der Waals surface area contributed by atoms with E-state index < -0.39 is 12.2 Å². The number of hydrogen-bond donors (Lipinski definition) is 2. The molecule has 126 valence electrons. The van der Waals surface area contributed by atoms with Crippen LogP contribution in [0.3, 0.4) is 0 Å². The van der Waals surface area contributed by atoms with Crippen molar-refractivity contribution in [3.8, 4) is 0 Å². The highest BCUT2D eigenvalue weighted by molar-refractivity contribution is 6.30. The summed E-state index contributed by atoms with van der Waals surface area (Å²) in [5.74, 6) is 0. The van der Waals surface area contributed by atoms with E-state index in [9.17, 15) is 9.90 Å². The highest BCUT2D eigenvalue weighted by atomic mass is 35.5. The molecule has 0 saturated carbocycles. The van der Waals surface area contributed by atoms with Crippen molar-refractivity contribution in [2.75, 3.05) is 39.3 Å². The summed E-state index contributed by atoms with van der Waals surface area (Å²) in [7, 11) is 0. The van der Waals surface area contributed by atoms with E-state index in [4.69, 9.17) is 16.7 Å². The first-order valence-corrected chi connectivity index (χ1v) is 8.27. The van der Waals surface area contributed by atoms with Gasteiger partial charge in [-0.3, -0.25) is 9.80 Å². The normalized spacial score (nSPS) is 26.6. The van der Waals surface area contributed by atoms with E-state index in [1.54, 1.807) is 0 Å². The Morgan fingerprint density at radius 2 is 1.78 bits per heavy atom. The van der Waals surface area contributed by atoms with Crippen molar-refractivity contribution in [3.63, 3.8) is 0 Å². The molecule has 1 amide bonds. The van der Waals surface area contributed by atoms with Gasteiger partial charge in [-0.05, 0) is 17.7 Å². The lowest BCUT2D eigenvalue weighted by atomic mass is 10.1. The molecule has 2 N–H and O–H groups in total. The zero-order chi connectivity index (χ0) is 16.4. The molecular formula is C16H22ClN3O3. The number of amides is 1. The molecule has 2 aliphatic rings. The predicted octanol–water partition coefficient (Wildman–Crippen LogP) is 1.18. The Morgan fingerprint density at radius 1 is 1.13 bits per heavy atom. The van der Waals surface area contributed by atoms with E-state index >= 15 is 0 Å². The SMILES string of the molecule is O=C(O)N1CC(O)[C@H](N2CCN(Cc3ccc(Cl)cc3)CC2)C1. The summed E-state index contributed by atoms with van der Waals surface area (Å²) in [5, 5.41) is 19.9. The fourth-order valence-corrected chi connectivity index (χ4v) is 3.51. The molecule has 0 spiro atoms. The summed E-state index contributed by atoms with van der Waals surface area (Å²) in [6, 6.07) is 7.81. The molecule has 1 aromatic rings. The Hall–Kier alpha value is -1.34. The van der Waals surface area contributed by atoms with Gasteiger partial charge in [0.25, 0.3) is 0 Å². The van der Waals surface area contributed by atoms with E-state index in [0.29, 0.717) is 6.54 Å². The molecule has 0 aromatic heterocycles. The molecule has 2 aliphatic heterocycles. The van der Waals surface area contributed by atoms with Crippen molar-refractivity contribution in [3.05, 3.63) is 34.9 Å². The average Bonchev–Trinajstić information content (AvgIpc) is 2.93. The minimum Gasteiger partial charge on any atom is -0.465 e. The van der Waals surface area contributed by atoms with Crippen LogP contribution in [-0.4, -0.2) is 82.4 Å². The Morgan fingerprint density at radius 3 is 2.35 bits per heavy atom. The molecule has 0 bridgehead atoms. The van der Waals surface area contributed by atoms with Crippen LogP contribution < -0.4 is 0 Å². The van der Waals surface area contributed by atoms with Crippen LogP contribution in [0, 0.1) is 0 Å². The van der Waals surface area contributed by atoms with Crippen molar-refractivity contribution in [2.24, 2.45) is 0 Å². The number of aliphatic hydroxyl groups excluding tert-OH is 1. The summed E-state index contributed by atoms with van der Waals surface area (Å²) in [4.78, 5) is 16.9. The van der Waals surface area contributed by atoms with Crippen LogP contribution in [0.2, 0.25) is 5.02 Å². The lowest BCUT2D eigenvalue weighted by Crippen LogP contribution is -2.53. The minimum absolute atomic E-state index is 0.0798. The van der Waals surface area contributed by atoms with Gasteiger partial charge in [0, 0.05) is 44.3 Å². The van der Waals surface area contributed by atoms with Gasteiger partial charge in [0.15, 0.2) is 0 Å². The van der Waals surface area contributed by atoms with Crippen LogP contribution in [0.4, 0.5) is 4.79 Å². The first-order valence-electron chi connectivity index (χ1n) is 7.90. The maximum Gasteiger partial charge on any atom is 0.407 e. The number of β-amino-alcohol motifs (C(OH)–C–C–N with tert-alkyl or cyclic N) is 1. The maximum atomic E-state index is 11.0. The highest BCUT2D eigenvalue weighted by Crippen LogP contribution is 2.19. The summed E-state index contributed by atoms with van der Waals surface area (Å²) in [5.41, 5.74) is 1.24. The van der Waals surface area contributed by atoms with Gasteiger partial charge in [0.2, 0.25) is 0 Å². The number of carboxylic acid groups (broad SMARTS) is 1. The van der Waals surface area contributed by atoms with E-state index in [2.05, 4.69) is 9.80 Å². The van der Waals surface area contributed by atoms with Crippen LogP contribution in [0.25, 0.3) is 0 Å². The summed E-state index contributed by atoms with van der Waals surface area (Å²) < 4.78 is 0. The van der Waals surface area contributed by atoms with Gasteiger partial charge in [-0.1, -0.05) is 23.7 Å². The monoisotopic (exact) mass is 339 g/mol. The van der Waals surface area contributed by atoms with Crippen LogP contribution in [0.15, 0.2) is 24.3 Å². The molecule has 0 aliphatic carbocycles. The third-order valence-corrected chi connectivity index (χ3v) is 4.98. The third kappa shape index (κ3) is 3.95. The molecule has 23 heavy (non-hydrogen) atoms. The molecular weight excluding hydrogens is 318 g/mol. The molecule has 2 fully saturated rings. The molecule has 7 heteroatoms. The Bertz CT molecular complexity index is 546. The van der Waals surface area contributed by atoms with Crippen molar-refractivity contribution < 1.29 is 15.0 Å². The summed E-state index contributed by atoms with van der Waals surface area (Å²) >= 11 is 5.90. The number of nitrogens with zero attached hydrogens (tertiary/aromatic N) is 3. The Balaban J connectivity index is 1.50. The van der Waals surface area contributed by atoms with Crippen molar-refractivity contribution in [1.82, 2.24) is 14.7 Å². The average molecular weight is 340 g/mol. The second-order valence-electron chi connectivity index (χ2n) is 6.26. The molecule has 2 atom stereocenters. The number of aliphatic hydroxyl groups is 1. The summed E-state index contributed by atoms with van der Waals surface area (Å²) in [6.45, 7) is 5.03. The zero-order valence-electron chi connectivity index (χ0n) is 12.9. The highest BCUT2D eigenvalue weighted by Gasteiger charge is 2.38. The first-order chi connectivity index (χ1) is 11.0. The van der Waals surface area contributed by atoms with Gasteiger partial charge in [-0.25, -0.2) is 4.79 Å². The topological polar surface area (TPSA) is 67.2 Å². The molecule has 1 unspecified atom stereocenters. The molecule has 3 rings (SSSR count). The van der Waals surface area contributed by atoms with Gasteiger partial charge in [-0.15, -0.1) is 0 Å². The van der Waals surface area contributed by atoms with Gasteiger partial charge in [-0.2, -0.15) is 0 Å². The van der Waals surface area contributed by atoms with Gasteiger partial charge < -0.3 is 15.1 Å². The van der Waals surface area contributed by atoms with Gasteiger partial charge in [0.05, 0.1) is 18.7 Å². The third-order valence-electron chi connectivity index (χ3n) is 4.72. The number of benzene rings is 1. The van der Waals surface area contributed by atoms with Crippen LogP contribution in [0.5, 0.6) is 0 Å². The van der Waals surface area contributed by atoms with Crippen LogP contribution in [-0.2, 0) is 6.54 Å². The van der Waals surface area contributed by atoms with Gasteiger partial charge >= 0.3 is 6.09 Å². The fraction of sp³-hybridized carbons (Fsp3) is 0.562. The van der Waals surface area contributed by atoms with Crippen molar-refractivity contribution >= 4 is 17.7 Å². The molecule has 2 heterocycles. The lowest BCUT2D eigenvalue weighted by molar-refractivity contribution is 0.0423. The summed E-state index contributed by atoms with van der Waals surface area (Å²) in [6.07, 6.45) is -1.54. The minimum atomic E-state index is -0.951.